The standard InChI is InChI=1S/C19H22FN3O2/c20-14-6-4-12(5-7-14)18(24)13-8-10-23(11-9-13)19(25)17-15-2-1-3-16(15)21-22-17/h4-7,13,18,24H,1-3,8-11H2,(H,21,22). The number of likely N-dealkylation sites (tertiary alicyclic amines) is 1. The lowest BCUT2D eigenvalue weighted by molar-refractivity contribution is 0.0457. The van der Waals surface area contributed by atoms with E-state index in [1.165, 1.54) is 12.1 Å². The molecule has 25 heavy (non-hydrogen) atoms. The van der Waals surface area contributed by atoms with Crippen molar-refractivity contribution in [3.63, 3.8) is 0 Å². The highest BCUT2D eigenvalue weighted by Crippen LogP contribution is 2.32. The second-order valence-electron chi connectivity index (χ2n) is 7.01. The zero-order valence-corrected chi connectivity index (χ0v) is 14.0. The van der Waals surface area contributed by atoms with Gasteiger partial charge in [-0.1, -0.05) is 12.1 Å². The molecule has 1 aromatic carbocycles. The van der Waals surface area contributed by atoms with Gasteiger partial charge in [0, 0.05) is 24.3 Å². The quantitative estimate of drug-likeness (QED) is 0.900. The van der Waals surface area contributed by atoms with Crippen LogP contribution in [0.25, 0.3) is 0 Å². The molecule has 1 unspecified atom stereocenters. The maximum absolute atomic E-state index is 13.0. The highest BCUT2D eigenvalue weighted by Gasteiger charge is 2.31. The summed E-state index contributed by atoms with van der Waals surface area (Å²) in [5, 5.41) is 17.7. The fourth-order valence-electron chi connectivity index (χ4n) is 4.00. The van der Waals surface area contributed by atoms with Crippen molar-refractivity contribution in [3.05, 3.63) is 52.6 Å². The van der Waals surface area contributed by atoms with Gasteiger partial charge >= 0.3 is 0 Å². The Balaban J connectivity index is 1.39. The number of aromatic nitrogens is 2. The Kier molecular flexibility index (Phi) is 4.29. The van der Waals surface area contributed by atoms with Gasteiger partial charge in [0.1, 0.15) is 5.82 Å². The van der Waals surface area contributed by atoms with Crippen LogP contribution in [0.2, 0.25) is 0 Å². The summed E-state index contributed by atoms with van der Waals surface area (Å²) in [5.41, 5.74) is 3.49. The lowest BCUT2D eigenvalue weighted by Gasteiger charge is -2.34. The smallest absolute Gasteiger partial charge is 0.274 e. The summed E-state index contributed by atoms with van der Waals surface area (Å²) in [6.45, 7) is 1.23. The van der Waals surface area contributed by atoms with Gasteiger partial charge in [0.25, 0.3) is 5.91 Å². The van der Waals surface area contributed by atoms with Crippen LogP contribution < -0.4 is 0 Å². The molecule has 2 heterocycles. The molecule has 1 atom stereocenters. The molecule has 1 amide bonds. The minimum atomic E-state index is -0.618. The molecule has 132 valence electrons. The molecule has 4 rings (SSSR count). The van der Waals surface area contributed by atoms with E-state index in [4.69, 9.17) is 0 Å². The molecular formula is C19H22FN3O2. The molecule has 1 fully saturated rings. The van der Waals surface area contributed by atoms with Gasteiger partial charge in [-0.15, -0.1) is 0 Å². The summed E-state index contributed by atoms with van der Waals surface area (Å²) in [7, 11) is 0. The highest BCUT2D eigenvalue weighted by atomic mass is 19.1. The Morgan fingerprint density at radius 3 is 2.68 bits per heavy atom. The molecule has 2 aromatic rings. The third-order valence-corrected chi connectivity index (χ3v) is 5.49. The number of amides is 1. The third-order valence-electron chi connectivity index (χ3n) is 5.49. The van der Waals surface area contributed by atoms with Crippen LogP contribution in [-0.4, -0.2) is 39.2 Å². The Morgan fingerprint density at radius 2 is 1.96 bits per heavy atom. The van der Waals surface area contributed by atoms with E-state index >= 15 is 0 Å². The maximum atomic E-state index is 13.0. The van der Waals surface area contributed by atoms with Gasteiger partial charge < -0.3 is 10.0 Å². The molecule has 0 bridgehead atoms. The van der Waals surface area contributed by atoms with Gasteiger partial charge in [0.2, 0.25) is 0 Å². The number of aliphatic hydroxyl groups excluding tert-OH is 1. The number of nitrogens with one attached hydrogen (secondary N) is 1. The molecule has 0 radical (unpaired) electrons. The number of aliphatic hydroxyl groups is 1. The fraction of sp³-hybridized carbons (Fsp3) is 0.474. The van der Waals surface area contributed by atoms with Gasteiger partial charge in [-0.2, -0.15) is 5.10 Å². The number of benzene rings is 1. The maximum Gasteiger partial charge on any atom is 0.274 e. The number of piperidine rings is 1. The number of H-pyrrole nitrogens is 1. The molecule has 5 nitrogen and oxygen atoms in total. The number of hydrogen-bond acceptors (Lipinski definition) is 3. The van der Waals surface area contributed by atoms with Crippen LogP contribution in [0.4, 0.5) is 4.39 Å². The fourth-order valence-corrected chi connectivity index (χ4v) is 4.00. The van der Waals surface area contributed by atoms with Crippen LogP contribution in [0.3, 0.4) is 0 Å². The molecule has 1 aliphatic heterocycles. The van der Waals surface area contributed by atoms with Gasteiger partial charge in [-0.05, 0) is 55.7 Å². The highest BCUT2D eigenvalue weighted by molar-refractivity contribution is 5.94. The van der Waals surface area contributed by atoms with E-state index in [1.54, 1.807) is 12.1 Å². The molecule has 2 N–H and O–H groups in total. The number of aryl methyl sites for hydroxylation is 1. The van der Waals surface area contributed by atoms with E-state index in [2.05, 4.69) is 10.2 Å². The number of aromatic amines is 1. The van der Waals surface area contributed by atoms with Crippen molar-refractivity contribution in [1.82, 2.24) is 15.1 Å². The largest absolute Gasteiger partial charge is 0.388 e. The monoisotopic (exact) mass is 343 g/mol. The van der Waals surface area contributed by atoms with Crippen molar-refractivity contribution in [3.8, 4) is 0 Å². The summed E-state index contributed by atoms with van der Waals surface area (Å²) in [6, 6.07) is 6.00. The third kappa shape index (κ3) is 3.06. The Hall–Kier alpha value is -2.21. The number of fused-ring (bicyclic) bond motifs is 1. The Bertz CT molecular complexity index is 763. The van der Waals surface area contributed by atoms with Gasteiger partial charge in [-0.3, -0.25) is 9.89 Å². The number of carbonyl (C=O) groups is 1. The second-order valence-corrected chi connectivity index (χ2v) is 7.01. The van der Waals surface area contributed by atoms with E-state index in [0.717, 1.165) is 48.9 Å². The summed E-state index contributed by atoms with van der Waals surface area (Å²) in [4.78, 5) is 14.6. The molecule has 0 spiro atoms. The van der Waals surface area contributed by atoms with Gasteiger partial charge in [0.05, 0.1) is 6.10 Å². The van der Waals surface area contributed by atoms with Crippen LogP contribution in [0.5, 0.6) is 0 Å². The molecular weight excluding hydrogens is 321 g/mol. The van der Waals surface area contributed by atoms with E-state index in [1.807, 2.05) is 4.90 Å². The normalized spacial score (nSPS) is 19.0. The van der Waals surface area contributed by atoms with E-state index < -0.39 is 6.10 Å². The van der Waals surface area contributed by atoms with Crippen molar-refractivity contribution in [2.24, 2.45) is 5.92 Å². The number of halogens is 1. The zero-order chi connectivity index (χ0) is 17.4. The summed E-state index contributed by atoms with van der Waals surface area (Å²) in [6.07, 6.45) is 3.82. The molecule has 2 aliphatic rings. The topological polar surface area (TPSA) is 69.2 Å². The number of nitrogens with zero attached hydrogens (tertiary/aromatic N) is 2. The SMILES string of the molecule is O=C(c1n[nH]c2c1CCC2)N1CCC(C(O)c2ccc(F)cc2)CC1. The Labute approximate surface area is 145 Å². The minimum Gasteiger partial charge on any atom is -0.388 e. The summed E-state index contributed by atoms with van der Waals surface area (Å²) in [5.74, 6) is -0.226. The number of carbonyl (C=O) groups excluding carboxylic acids is 1. The average Bonchev–Trinajstić information content (AvgIpc) is 3.25. The Morgan fingerprint density at radius 1 is 1.24 bits per heavy atom. The van der Waals surface area contributed by atoms with Crippen molar-refractivity contribution >= 4 is 5.91 Å². The van der Waals surface area contributed by atoms with Crippen molar-refractivity contribution in [2.45, 2.75) is 38.2 Å². The van der Waals surface area contributed by atoms with E-state index in [-0.39, 0.29) is 17.6 Å². The lowest BCUT2D eigenvalue weighted by Crippen LogP contribution is -2.40. The first kappa shape index (κ1) is 16.3. The van der Waals surface area contributed by atoms with Crippen LogP contribution >= 0.6 is 0 Å². The van der Waals surface area contributed by atoms with Gasteiger partial charge in [-0.25, -0.2) is 4.39 Å². The molecule has 0 saturated carbocycles. The summed E-state index contributed by atoms with van der Waals surface area (Å²) < 4.78 is 13.0. The molecule has 1 saturated heterocycles. The van der Waals surface area contributed by atoms with Crippen LogP contribution in [0.15, 0.2) is 24.3 Å². The predicted molar refractivity (Wildman–Crippen MR) is 90.6 cm³/mol. The van der Waals surface area contributed by atoms with Crippen LogP contribution in [-0.2, 0) is 12.8 Å². The van der Waals surface area contributed by atoms with Gasteiger partial charge in [0.15, 0.2) is 5.69 Å². The lowest BCUT2D eigenvalue weighted by atomic mass is 9.87. The molecule has 6 heteroatoms. The first-order chi connectivity index (χ1) is 12.1. The van der Waals surface area contributed by atoms with E-state index in [0.29, 0.717) is 18.8 Å². The van der Waals surface area contributed by atoms with Crippen molar-refractivity contribution < 1.29 is 14.3 Å². The van der Waals surface area contributed by atoms with E-state index in [9.17, 15) is 14.3 Å². The van der Waals surface area contributed by atoms with Crippen LogP contribution in [0, 0.1) is 11.7 Å². The first-order valence-electron chi connectivity index (χ1n) is 8.92. The zero-order valence-electron chi connectivity index (χ0n) is 14.0. The molecule has 1 aromatic heterocycles. The molecule has 1 aliphatic carbocycles. The number of hydrogen-bond donors (Lipinski definition) is 2. The number of rotatable bonds is 3. The first-order valence-corrected chi connectivity index (χ1v) is 8.92. The van der Waals surface area contributed by atoms with Crippen molar-refractivity contribution in [1.29, 1.82) is 0 Å². The average molecular weight is 343 g/mol. The van der Waals surface area contributed by atoms with Crippen LogP contribution in [0.1, 0.15) is 52.7 Å². The second kappa shape index (κ2) is 6.59. The predicted octanol–water partition coefficient (Wildman–Crippen LogP) is 2.62. The summed E-state index contributed by atoms with van der Waals surface area (Å²) >= 11 is 0. The minimum absolute atomic E-state index is 0.00544. The van der Waals surface area contributed by atoms with Crippen molar-refractivity contribution in [2.75, 3.05) is 13.1 Å².